The van der Waals surface area contributed by atoms with Gasteiger partial charge in [0, 0.05) is 5.56 Å². The molecule has 2 aromatic rings. The molecular formula is C16H16N2O. The van der Waals surface area contributed by atoms with Gasteiger partial charge in [0.25, 0.3) is 0 Å². The van der Waals surface area contributed by atoms with E-state index in [2.05, 4.69) is 9.97 Å². The third-order valence-corrected chi connectivity index (χ3v) is 2.78. The zero-order chi connectivity index (χ0) is 13.7. The Morgan fingerprint density at radius 1 is 1.21 bits per heavy atom. The van der Waals surface area contributed by atoms with Crippen LogP contribution in [0.15, 0.2) is 59.4 Å². The number of hydrogen-bond donors (Lipinski definition) is 1. The number of allylic oxidation sites excluding steroid dienone is 4. The number of hydrogen-bond acceptors (Lipinski definition) is 2. The third kappa shape index (κ3) is 3.07. The quantitative estimate of drug-likeness (QED) is 0.851. The van der Waals surface area contributed by atoms with Crippen molar-refractivity contribution in [1.29, 1.82) is 0 Å². The molecule has 2 rings (SSSR count). The number of benzene rings is 1. The maximum Gasteiger partial charge on any atom is 0.345 e. The molecule has 1 N–H and O–H groups in total. The lowest BCUT2D eigenvalue weighted by Crippen LogP contribution is -2.13. The maximum atomic E-state index is 11.7. The summed E-state index contributed by atoms with van der Waals surface area (Å²) in [5, 5.41) is 0. The molecule has 3 heteroatoms. The van der Waals surface area contributed by atoms with E-state index < -0.39 is 0 Å². The Hall–Kier alpha value is -2.42. The van der Waals surface area contributed by atoms with Crippen molar-refractivity contribution < 1.29 is 0 Å². The Morgan fingerprint density at radius 2 is 1.95 bits per heavy atom. The smallest absolute Gasteiger partial charge is 0.305 e. The fraction of sp³-hybridized carbons (Fsp3) is 0.125. The molecule has 0 spiro atoms. The van der Waals surface area contributed by atoms with Gasteiger partial charge in [-0.25, -0.2) is 4.79 Å². The van der Waals surface area contributed by atoms with Crippen LogP contribution in [0.5, 0.6) is 0 Å². The summed E-state index contributed by atoms with van der Waals surface area (Å²) in [7, 11) is 0. The van der Waals surface area contributed by atoms with E-state index in [0.29, 0.717) is 5.69 Å². The number of nitrogens with zero attached hydrogens (tertiary/aromatic N) is 1. The van der Waals surface area contributed by atoms with Crippen molar-refractivity contribution in [2.75, 3.05) is 0 Å². The molecular weight excluding hydrogens is 236 g/mol. The van der Waals surface area contributed by atoms with Gasteiger partial charge in [-0.3, -0.25) is 0 Å². The second kappa shape index (κ2) is 5.96. The summed E-state index contributed by atoms with van der Waals surface area (Å²) in [6, 6.07) is 11.6. The van der Waals surface area contributed by atoms with E-state index in [0.717, 1.165) is 16.8 Å². The molecule has 0 saturated heterocycles. The molecule has 0 radical (unpaired) electrons. The second-order valence-corrected chi connectivity index (χ2v) is 4.10. The van der Waals surface area contributed by atoms with E-state index in [1.807, 2.05) is 68.5 Å². The molecule has 0 bridgehead atoms. The first-order valence-electron chi connectivity index (χ1n) is 6.20. The fourth-order valence-electron chi connectivity index (χ4n) is 1.89. The third-order valence-electron chi connectivity index (χ3n) is 2.78. The van der Waals surface area contributed by atoms with E-state index in [-0.39, 0.29) is 5.69 Å². The van der Waals surface area contributed by atoms with Crippen LogP contribution < -0.4 is 5.69 Å². The molecule has 1 heterocycles. The molecule has 1 aromatic carbocycles. The first-order chi connectivity index (χ1) is 9.24. The zero-order valence-corrected chi connectivity index (χ0v) is 11.1. The van der Waals surface area contributed by atoms with E-state index in [1.165, 1.54) is 0 Å². The van der Waals surface area contributed by atoms with Gasteiger partial charge in [-0.15, -0.1) is 0 Å². The van der Waals surface area contributed by atoms with Crippen LogP contribution in [0.4, 0.5) is 0 Å². The molecule has 0 amide bonds. The van der Waals surface area contributed by atoms with Gasteiger partial charge in [-0.1, -0.05) is 48.6 Å². The summed E-state index contributed by atoms with van der Waals surface area (Å²) in [6.45, 7) is 3.89. The monoisotopic (exact) mass is 252 g/mol. The lowest BCUT2D eigenvalue weighted by molar-refractivity contribution is 1.06. The first-order valence-corrected chi connectivity index (χ1v) is 6.20. The minimum atomic E-state index is -0.333. The summed E-state index contributed by atoms with van der Waals surface area (Å²) >= 11 is 0. The summed E-state index contributed by atoms with van der Waals surface area (Å²) in [5.74, 6) is 0. The maximum absolute atomic E-state index is 11.7. The van der Waals surface area contributed by atoms with E-state index in [1.54, 1.807) is 0 Å². The molecule has 0 atom stereocenters. The molecule has 19 heavy (non-hydrogen) atoms. The van der Waals surface area contributed by atoms with E-state index >= 15 is 0 Å². The highest BCUT2D eigenvalue weighted by molar-refractivity contribution is 5.73. The van der Waals surface area contributed by atoms with Crippen LogP contribution in [-0.2, 0) is 0 Å². The number of aromatic nitrogens is 2. The molecule has 0 saturated carbocycles. The van der Waals surface area contributed by atoms with Crippen molar-refractivity contribution >= 4 is 5.57 Å². The predicted octanol–water partition coefficient (Wildman–Crippen LogP) is 3.42. The van der Waals surface area contributed by atoms with Gasteiger partial charge in [0.15, 0.2) is 0 Å². The topological polar surface area (TPSA) is 45.8 Å². The van der Waals surface area contributed by atoms with Gasteiger partial charge >= 0.3 is 5.69 Å². The van der Waals surface area contributed by atoms with Crippen molar-refractivity contribution in [2.45, 2.75) is 13.8 Å². The van der Waals surface area contributed by atoms with Gasteiger partial charge in [0.1, 0.15) is 0 Å². The summed E-state index contributed by atoms with van der Waals surface area (Å²) in [4.78, 5) is 18.5. The Kier molecular flexibility index (Phi) is 4.08. The lowest BCUT2D eigenvalue weighted by Gasteiger charge is -2.05. The van der Waals surface area contributed by atoms with Crippen molar-refractivity contribution in [3.8, 4) is 11.3 Å². The molecule has 0 aliphatic carbocycles. The summed E-state index contributed by atoms with van der Waals surface area (Å²) in [5.41, 5.74) is 3.04. The van der Waals surface area contributed by atoms with Crippen LogP contribution in [0.2, 0.25) is 0 Å². The molecule has 3 nitrogen and oxygen atoms in total. The number of rotatable bonds is 3. The molecule has 0 unspecified atom stereocenters. The molecule has 0 aliphatic rings. The average molecular weight is 252 g/mol. The van der Waals surface area contributed by atoms with Crippen LogP contribution in [0.1, 0.15) is 19.5 Å². The largest absolute Gasteiger partial charge is 0.345 e. The van der Waals surface area contributed by atoms with Crippen molar-refractivity contribution in [3.63, 3.8) is 0 Å². The molecule has 96 valence electrons. The number of nitrogens with one attached hydrogen (secondary N) is 1. The van der Waals surface area contributed by atoms with Gasteiger partial charge in [-0.2, -0.15) is 4.98 Å². The van der Waals surface area contributed by atoms with Crippen LogP contribution in [0, 0.1) is 0 Å². The Bertz CT molecular complexity index is 667. The number of H-pyrrole nitrogens is 1. The highest BCUT2D eigenvalue weighted by Gasteiger charge is 2.05. The van der Waals surface area contributed by atoms with Crippen LogP contribution in [-0.4, -0.2) is 9.97 Å². The minimum Gasteiger partial charge on any atom is -0.305 e. The van der Waals surface area contributed by atoms with Crippen molar-refractivity contribution in [1.82, 2.24) is 9.97 Å². The molecule has 0 fully saturated rings. The average Bonchev–Trinajstić information content (AvgIpc) is 2.45. The minimum absolute atomic E-state index is 0.333. The van der Waals surface area contributed by atoms with Crippen molar-refractivity contribution in [3.05, 3.63) is 70.8 Å². The highest BCUT2D eigenvalue weighted by Crippen LogP contribution is 2.19. The van der Waals surface area contributed by atoms with E-state index in [9.17, 15) is 4.79 Å². The predicted molar refractivity (Wildman–Crippen MR) is 78.8 cm³/mol. The van der Waals surface area contributed by atoms with Crippen LogP contribution in [0.3, 0.4) is 0 Å². The SMILES string of the molecule is C/C=C\C(=C/C)c1cc(-c2ccccc2)nc(=O)[nH]1. The normalized spacial score (nSPS) is 12.0. The Balaban J connectivity index is 2.55. The van der Waals surface area contributed by atoms with Gasteiger partial charge in [0.2, 0.25) is 0 Å². The van der Waals surface area contributed by atoms with Gasteiger partial charge < -0.3 is 4.98 Å². The van der Waals surface area contributed by atoms with Gasteiger partial charge in [-0.05, 0) is 25.5 Å². The van der Waals surface area contributed by atoms with Gasteiger partial charge in [0.05, 0.1) is 11.4 Å². The Morgan fingerprint density at radius 3 is 2.58 bits per heavy atom. The molecule has 0 aliphatic heterocycles. The second-order valence-electron chi connectivity index (χ2n) is 4.10. The standard InChI is InChI=1S/C16H16N2O/c1-3-8-12(4-2)14-11-15(18-16(19)17-14)13-9-6-5-7-10-13/h3-11H,1-2H3,(H,17,18,19)/b8-3-,12-4+. The lowest BCUT2D eigenvalue weighted by atomic mass is 10.1. The van der Waals surface area contributed by atoms with Crippen molar-refractivity contribution in [2.24, 2.45) is 0 Å². The summed E-state index contributed by atoms with van der Waals surface area (Å²) < 4.78 is 0. The Labute approximate surface area is 112 Å². The fourth-order valence-corrected chi connectivity index (χ4v) is 1.89. The van der Waals surface area contributed by atoms with Crippen LogP contribution >= 0.6 is 0 Å². The summed E-state index contributed by atoms with van der Waals surface area (Å²) in [6.07, 6.45) is 5.86. The molecule has 1 aromatic heterocycles. The highest BCUT2D eigenvalue weighted by atomic mass is 16.1. The first kappa shape index (κ1) is 13.0. The van der Waals surface area contributed by atoms with E-state index in [4.69, 9.17) is 0 Å². The van der Waals surface area contributed by atoms with Crippen LogP contribution in [0.25, 0.3) is 16.8 Å². The zero-order valence-electron chi connectivity index (χ0n) is 11.1. The number of aromatic amines is 1.